The van der Waals surface area contributed by atoms with Gasteiger partial charge < -0.3 is 14.6 Å². The minimum Gasteiger partial charge on any atom is -0.490 e. The van der Waals surface area contributed by atoms with Gasteiger partial charge in [0.1, 0.15) is 11.9 Å². The maximum absolute atomic E-state index is 9.64. The van der Waals surface area contributed by atoms with Crippen molar-refractivity contribution in [1.82, 2.24) is 0 Å². The maximum atomic E-state index is 9.64. The summed E-state index contributed by atoms with van der Waals surface area (Å²) in [5.74, 6) is 3.15. The van der Waals surface area contributed by atoms with Gasteiger partial charge in [-0.05, 0) is 36.8 Å². The van der Waals surface area contributed by atoms with Gasteiger partial charge in [-0.2, -0.15) is 11.8 Å². The van der Waals surface area contributed by atoms with Gasteiger partial charge >= 0.3 is 0 Å². The third-order valence-electron chi connectivity index (χ3n) is 4.16. The molecule has 2 fully saturated rings. The highest BCUT2D eigenvalue weighted by Crippen LogP contribution is 2.39. The average Bonchev–Trinajstić information content (AvgIpc) is 2.87. The molecule has 3 nitrogen and oxygen atoms in total. The summed E-state index contributed by atoms with van der Waals surface area (Å²) in [6.45, 7) is 2.57. The largest absolute Gasteiger partial charge is 0.490 e. The number of aliphatic hydroxyl groups is 1. The molecule has 0 aromatic heterocycles. The van der Waals surface area contributed by atoms with Crippen LogP contribution in [0.2, 0.25) is 0 Å². The van der Waals surface area contributed by atoms with Gasteiger partial charge in [0.15, 0.2) is 0 Å². The van der Waals surface area contributed by atoms with Gasteiger partial charge in [0.25, 0.3) is 0 Å². The predicted molar refractivity (Wildman–Crippen MR) is 81.4 cm³/mol. The first-order valence-electron chi connectivity index (χ1n) is 7.33. The molecule has 2 unspecified atom stereocenters. The highest BCUT2D eigenvalue weighted by molar-refractivity contribution is 7.99. The standard InChI is InChI=1S/C16H22O3S/c1-12(17)13-3-2-4-14(9-13)19-15-5-7-18-16(10-15)6-8-20-11-16/h2-4,9,12,15,17H,5-8,10-11H2,1H3/t12-,15?,16?/m1/s1. The molecule has 0 radical (unpaired) electrons. The summed E-state index contributed by atoms with van der Waals surface area (Å²) >= 11 is 1.98. The van der Waals surface area contributed by atoms with E-state index in [-0.39, 0.29) is 11.7 Å². The highest BCUT2D eigenvalue weighted by atomic mass is 32.2. The average molecular weight is 294 g/mol. The Bertz CT molecular complexity index is 455. The van der Waals surface area contributed by atoms with Gasteiger partial charge in [-0.15, -0.1) is 0 Å². The van der Waals surface area contributed by atoms with E-state index in [1.807, 2.05) is 36.0 Å². The van der Waals surface area contributed by atoms with Crippen LogP contribution >= 0.6 is 11.8 Å². The molecule has 2 aliphatic rings. The van der Waals surface area contributed by atoms with E-state index in [4.69, 9.17) is 9.47 Å². The van der Waals surface area contributed by atoms with Crippen molar-refractivity contribution in [2.45, 2.75) is 44.0 Å². The topological polar surface area (TPSA) is 38.7 Å². The van der Waals surface area contributed by atoms with Crippen LogP contribution in [0.3, 0.4) is 0 Å². The fourth-order valence-electron chi connectivity index (χ4n) is 2.99. The van der Waals surface area contributed by atoms with Crippen molar-refractivity contribution in [2.75, 3.05) is 18.1 Å². The van der Waals surface area contributed by atoms with Gasteiger partial charge in [0, 0.05) is 18.6 Å². The number of rotatable bonds is 3. The van der Waals surface area contributed by atoms with Crippen LogP contribution in [0, 0.1) is 0 Å². The van der Waals surface area contributed by atoms with Crippen LogP contribution in [0.25, 0.3) is 0 Å². The maximum Gasteiger partial charge on any atom is 0.120 e. The smallest absolute Gasteiger partial charge is 0.120 e. The number of aliphatic hydroxyl groups excluding tert-OH is 1. The van der Waals surface area contributed by atoms with Crippen molar-refractivity contribution in [1.29, 1.82) is 0 Å². The first kappa shape index (κ1) is 14.2. The lowest BCUT2D eigenvalue weighted by Gasteiger charge is -2.37. The van der Waals surface area contributed by atoms with Crippen LogP contribution in [0.15, 0.2) is 24.3 Å². The highest BCUT2D eigenvalue weighted by Gasteiger charge is 2.41. The summed E-state index contributed by atoms with van der Waals surface area (Å²) in [5.41, 5.74) is 0.954. The van der Waals surface area contributed by atoms with Gasteiger partial charge in [-0.25, -0.2) is 0 Å². The van der Waals surface area contributed by atoms with E-state index in [1.165, 1.54) is 5.75 Å². The number of benzene rings is 1. The van der Waals surface area contributed by atoms with Crippen molar-refractivity contribution >= 4 is 11.8 Å². The van der Waals surface area contributed by atoms with Crippen LogP contribution in [0.1, 0.15) is 37.9 Å². The second-order valence-corrected chi connectivity index (χ2v) is 6.92. The zero-order valence-corrected chi connectivity index (χ0v) is 12.7. The van der Waals surface area contributed by atoms with Crippen LogP contribution in [-0.2, 0) is 4.74 Å². The molecule has 1 aromatic carbocycles. The Morgan fingerprint density at radius 1 is 1.50 bits per heavy atom. The zero-order chi connectivity index (χ0) is 14.0. The molecule has 0 saturated carbocycles. The Kier molecular flexibility index (Phi) is 4.24. The lowest BCUT2D eigenvalue weighted by molar-refractivity contribution is -0.0959. The molecule has 20 heavy (non-hydrogen) atoms. The Balaban J connectivity index is 1.66. The van der Waals surface area contributed by atoms with Crippen molar-refractivity contribution in [2.24, 2.45) is 0 Å². The molecule has 0 amide bonds. The molecule has 2 saturated heterocycles. The minimum absolute atomic E-state index is 0.0511. The summed E-state index contributed by atoms with van der Waals surface area (Å²) in [5, 5.41) is 9.64. The number of ether oxygens (including phenoxy) is 2. The molecular weight excluding hydrogens is 272 g/mol. The number of thioether (sulfide) groups is 1. The summed E-state index contributed by atoms with van der Waals surface area (Å²) in [7, 11) is 0. The van der Waals surface area contributed by atoms with E-state index in [2.05, 4.69) is 0 Å². The molecule has 2 aliphatic heterocycles. The van der Waals surface area contributed by atoms with E-state index >= 15 is 0 Å². The molecule has 2 heterocycles. The monoisotopic (exact) mass is 294 g/mol. The lowest BCUT2D eigenvalue weighted by Crippen LogP contribution is -2.43. The number of hydrogen-bond donors (Lipinski definition) is 1. The van der Waals surface area contributed by atoms with Gasteiger partial charge in [0.2, 0.25) is 0 Å². The lowest BCUT2D eigenvalue weighted by atomic mass is 9.91. The summed E-state index contributed by atoms with van der Waals surface area (Å²) in [4.78, 5) is 0. The molecule has 1 aromatic rings. The molecule has 4 heteroatoms. The van der Waals surface area contributed by atoms with Crippen molar-refractivity contribution in [3.8, 4) is 5.75 Å². The van der Waals surface area contributed by atoms with E-state index in [0.29, 0.717) is 0 Å². The van der Waals surface area contributed by atoms with Gasteiger partial charge in [-0.1, -0.05) is 12.1 Å². The van der Waals surface area contributed by atoms with Crippen molar-refractivity contribution in [3.05, 3.63) is 29.8 Å². The molecule has 1 N–H and O–H groups in total. The normalized spacial score (nSPS) is 31.4. The number of hydrogen-bond acceptors (Lipinski definition) is 4. The first-order valence-corrected chi connectivity index (χ1v) is 8.49. The fraction of sp³-hybridized carbons (Fsp3) is 0.625. The molecule has 1 spiro atoms. The van der Waals surface area contributed by atoms with Crippen LogP contribution in [0.4, 0.5) is 0 Å². The fourth-order valence-corrected chi connectivity index (χ4v) is 4.37. The summed E-state index contributed by atoms with van der Waals surface area (Å²) in [6, 6.07) is 7.78. The van der Waals surface area contributed by atoms with Crippen molar-refractivity contribution in [3.63, 3.8) is 0 Å². The molecule has 110 valence electrons. The predicted octanol–water partition coefficient (Wildman–Crippen LogP) is 3.17. The third kappa shape index (κ3) is 3.13. The van der Waals surface area contributed by atoms with E-state index in [1.54, 1.807) is 6.92 Å². The van der Waals surface area contributed by atoms with Crippen molar-refractivity contribution < 1.29 is 14.6 Å². The second-order valence-electron chi connectivity index (χ2n) is 5.82. The summed E-state index contributed by atoms with van der Waals surface area (Å²) < 4.78 is 12.1. The Morgan fingerprint density at radius 3 is 3.15 bits per heavy atom. The van der Waals surface area contributed by atoms with Gasteiger partial charge in [-0.3, -0.25) is 0 Å². The first-order chi connectivity index (χ1) is 9.67. The van der Waals surface area contributed by atoms with Crippen LogP contribution < -0.4 is 4.74 Å². The van der Waals surface area contributed by atoms with E-state index < -0.39 is 6.10 Å². The molecule has 0 aliphatic carbocycles. The minimum atomic E-state index is -0.453. The molecule has 3 atom stereocenters. The van der Waals surface area contributed by atoms with Gasteiger partial charge in [0.05, 0.1) is 18.3 Å². The Morgan fingerprint density at radius 2 is 2.40 bits per heavy atom. The molecule has 0 bridgehead atoms. The van der Waals surface area contributed by atoms with E-state index in [9.17, 15) is 5.11 Å². The van der Waals surface area contributed by atoms with Crippen LogP contribution in [0.5, 0.6) is 5.75 Å². The molecule has 3 rings (SSSR count). The third-order valence-corrected chi connectivity index (χ3v) is 5.38. The zero-order valence-electron chi connectivity index (χ0n) is 11.9. The Labute approximate surface area is 124 Å². The van der Waals surface area contributed by atoms with E-state index in [0.717, 1.165) is 42.9 Å². The summed E-state index contributed by atoms with van der Waals surface area (Å²) in [6.07, 6.45) is 2.85. The van der Waals surface area contributed by atoms with Crippen LogP contribution in [-0.4, -0.2) is 34.9 Å². The quantitative estimate of drug-likeness (QED) is 0.929. The SMILES string of the molecule is C[C@@H](O)c1cccc(OC2CCOC3(CCSC3)C2)c1. The second kappa shape index (κ2) is 5.96. The molecular formula is C16H22O3S. The Hall–Kier alpha value is -0.710.